The van der Waals surface area contributed by atoms with Gasteiger partial charge in [0.05, 0.1) is 0 Å². The summed E-state index contributed by atoms with van der Waals surface area (Å²) in [5.41, 5.74) is 2.64. The zero-order chi connectivity index (χ0) is 7.98. The van der Waals surface area contributed by atoms with Crippen molar-refractivity contribution in [1.82, 2.24) is 0 Å². The molecule has 0 bridgehead atoms. The van der Waals surface area contributed by atoms with Crippen LogP contribution in [0.15, 0.2) is 16.3 Å². The molecule has 0 amide bonds. The predicted molar refractivity (Wildman–Crippen MR) is 47.4 cm³/mol. The average molecular weight is 139 g/mol. The van der Waals surface area contributed by atoms with Crippen LogP contribution in [0.5, 0.6) is 0 Å². The van der Waals surface area contributed by atoms with E-state index in [2.05, 4.69) is 18.8 Å². The van der Waals surface area contributed by atoms with Crippen molar-refractivity contribution in [2.45, 2.75) is 40.5 Å². The van der Waals surface area contributed by atoms with E-state index >= 15 is 0 Å². The fourth-order valence-corrected chi connectivity index (χ4v) is 0.774. The minimum absolute atomic E-state index is 1.13. The number of hydrogen-bond acceptors (Lipinski definition) is 1. The van der Waals surface area contributed by atoms with Gasteiger partial charge in [-0.25, -0.2) is 0 Å². The lowest BCUT2D eigenvalue weighted by atomic mass is 10.1. The Morgan fingerprint density at radius 2 is 1.90 bits per heavy atom. The molecule has 0 atom stereocenters. The first-order valence-corrected chi connectivity index (χ1v) is 3.99. The largest absolute Gasteiger partial charge is 0.266 e. The first-order valence-electron chi connectivity index (χ1n) is 3.99. The summed E-state index contributed by atoms with van der Waals surface area (Å²) in [6.07, 6.45) is 4.32. The monoisotopic (exact) mass is 139 g/mol. The third-order valence-electron chi connectivity index (χ3n) is 1.55. The molecule has 0 aromatic heterocycles. The summed E-state index contributed by atoms with van der Waals surface area (Å²) in [7, 11) is 0. The lowest BCUT2D eigenvalue weighted by Gasteiger charge is -2.05. The van der Waals surface area contributed by atoms with Gasteiger partial charge >= 0.3 is 0 Å². The molecule has 0 unspecified atom stereocenters. The quantitative estimate of drug-likeness (QED) is 0.489. The van der Waals surface area contributed by atoms with E-state index in [1.54, 1.807) is 0 Å². The molecular formula is C9H17N. The second-order valence-corrected chi connectivity index (χ2v) is 2.22. The van der Waals surface area contributed by atoms with Crippen LogP contribution in [0.1, 0.15) is 40.5 Å². The first-order chi connectivity index (χ1) is 4.80. The van der Waals surface area contributed by atoms with Crippen molar-refractivity contribution in [2.75, 3.05) is 0 Å². The number of rotatable bonds is 0. The zero-order valence-corrected chi connectivity index (χ0v) is 7.44. The maximum Gasteiger partial charge on any atom is 0.0358 e. The lowest BCUT2D eigenvalue weighted by Crippen LogP contribution is -1.90. The molecule has 1 heterocycles. The number of allylic oxidation sites excluding steroid dienone is 2. The average Bonchev–Trinajstić information content (AvgIpc) is 2.00. The van der Waals surface area contributed by atoms with Gasteiger partial charge in [-0.05, 0) is 26.7 Å². The van der Waals surface area contributed by atoms with E-state index < -0.39 is 0 Å². The molecule has 0 aliphatic carbocycles. The van der Waals surface area contributed by atoms with Gasteiger partial charge in [0.15, 0.2) is 0 Å². The van der Waals surface area contributed by atoms with Crippen LogP contribution in [0.4, 0.5) is 0 Å². The molecule has 0 radical (unpaired) electrons. The van der Waals surface area contributed by atoms with Crippen molar-refractivity contribution >= 4 is 6.21 Å². The van der Waals surface area contributed by atoms with E-state index in [4.69, 9.17) is 0 Å². The Bertz CT molecular complexity index is 143. The number of nitrogens with zero attached hydrogens (tertiary/aromatic N) is 1. The fourth-order valence-electron chi connectivity index (χ4n) is 0.774. The SMILES string of the molecule is CC.CC1=C(C)N=CCC1. The normalized spacial score (nSPS) is 16.4. The Morgan fingerprint density at radius 3 is 2.20 bits per heavy atom. The molecule has 0 saturated carbocycles. The van der Waals surface area contributed by atoms with Crippen LogP contribution in [-0.4, -0.2) is 6.21 Å². The Balaban J connectivity index is 0.000000371. The summed E-state index contributed by atoms with van der Waals surface area (Å²) < 4.78 is 0. The summed E-state index contributed by atoms with van der Waals surface area (Å²) in [6.45, 7) is 8.21. The van der Waals surface area contributed by atoms with Crippen LogP contribution in [0.25, 0.3) is 0 Å². The first kappa shape index (κ1) is 9.41. The molecule has 1 heteroatoms. The van der Waals surface area contributed by atoms with Gasteiger partial charge in [0, 0.05) is 11.9 Å². The van der Waals surface area contributed by atoms with Crippen LogP contribution >= 0.6 is 0 Å². The molecule has 0 saturated heterocycles. The molecule has 1 aliphatic rings. The molecule has 0 fully saturated rings. The molecule has 1 aliphatic heterocycles. The topological polar surface area (TPSA) is 12.4 Å². The van der Waals surface area contributed by atoms with Crippen LogP contribution in [-0.2, 0) is 0 Å². The van der Waals surface area contributed by atoms with Crippen LogP contribution in [0, 0.1) is 0 Å². The van der Waals surface area contributed by atoms with Gasteiger partial charge in [-0.2, -0.15) is 0 Å². The Morgan fingerprint density at radius 1 is 1.30 bits per heavy atom. The van der Waals surface area contributed by atoms with E-state index in [9.17, 15) is 0 Å². The molecule has 0 aromatic rings. The van der Waals surface area contributed by atoms with E-state index in [1.807, 2.05) is 20.1 Å². The molecule has 58 valence electrons. The van der Waals surface area contributed by atoms with Gasteiger partial charge in [0.1, 0.15) is 0 Å². The minimum atomic E-state index is 1.13. The van der Waals surface area contributed by atoms with Gasteiger partial charge in [-0.3, -0.25) is 4.99 Å². The Hall–Kier alpha value is -0.590. The maximum atomic E-state index is 4.17. The number of hydrogen-bond donors (Lipinski definition) is 0. The molecule has 10 heavy (non-hydrogen) atoms. The van der Waals surface area contributed by atoms with Crippen molar-refractivity contribution in [3.63, 3.8) is 0 Å². The summed E-state index contributed by atoms with van der Waals surface area (Å²) in [5.74, 6) is 0. The molecule has 0 aromatic carbocycles. The number of aliphatic imine (C=N–C) groups is 1. The summed E-state index contributed by atoms with van der Waals surface area (Å²) in [6, 6.07) is 0. The summed E-state index contributed by atoms with van der Waals surface area (Å²) >= 11 is 0. The predicted octanol–water partition coefficient (Wildman–Crippen LogP) is 3.17. The molecule has 0 spiro atoms. The molecule has 0 N–H and O–H groups in total. The van der Waals surface area contributed by atoms with Gasteiger partial charge in [0.2, 0.25) is 0 Å². The highest BCUT2D eigenvalue weighted by Gasteiger charge is 1.97. The Kier molecular flexibility index (Phi) is 4.91. The van der Waals surface area contributed by atoms with E-state index in [0.717, 1.165) is 6.42 Å². The van der Waals surface area contributed by atoms with E-state index in [0.29, 0.717) is 0 Å². The summed E-state index contributed by atoms with van der Waals surface area (Å²) in [4.78, 5) is 4.17. The van der Waals surface area contributed by atoms with Crippen molar-refractivity contribution in [2.24, 2.45) is 4.99 Å². The van der Waals surface area contributed by atoms with Crippen molar-refractivity contribution in [1.29, 1.82) is 0 Å². The highest BCUT2D eigenvalue weighted by atomic mass is 14.7. The zero-order valence-electron chi connectivity index (χ0n) is 7.44. The van der Waals surface area contributed by atoms with Crippen molar-refractivity contribution in [3.8, 4) is 0 Å². The third kappa shape index (κ3) is 2.81. The smallest absolute Gasteiger partial charge is 0.0358 e. The third-order valence-corrected chi connectivity index (χ3v) is 1.55. The maximum absolute atomic E-state index is 4.17. The summed E-state index contributed by atoms with van der Waals surface area (Å²) in [5, 5.41) is 0. The molecule has 1 nitrogen and oxygen atoms in total. The van der Waals surface area contributed by atoms with Gasteiger partial charge < -0.3 is 0 Å². The van der Waals surface area contributed by atoms with Crippen LogP contribution < -0.4 is 0 Å². The van der Waals surface area contributed by atoms with E-state index in [-0.39, 0.29) is 0 Å². The van der Waals surface area contributed by atoms with Gasteiger partial charge in [-0.15, -0.1) is 0 Å². The minimum Gasteiger partial charge on any atom is -0.266 e. The molecule has 1 rings (SSSR count). The van der Waals surface area contributed by atoms with E-state index in [1.165, 1.54) is 17.7 Å². The highest BCUT2D eigenvalue weighted by molar-refractivity contribution is 5.61. The van der Waals surface area contributed by atoms with Crippen molar-refractivity contribution in [3.05, 3.63) is 11.3 Å². The molecular weight excluding hydrogens is 122 g/mol. The van der Waals surface area contributed by atoms with Gasteiger partial charge in [0.25, 0.3) is 0 Å². The van der Waals surface area contributed by atoms with Crippen molar-refractivity contribution < 1.29 is 0 Å². The van der Waals surface area contributed by atoms with Gasteiger partial charge in [-0.1, -0.05) is 19.4 Å². The fraction of sp³-hybridized carbons (Fsp3) is 0.667. The standard InChI is InChI=1S/C7H11N.C2H6/c1-6-4-3-5-8-7(6)2;1-2/h5H,3-4H2,1-2H3;1-2H3. The second kappa shape index (κ2) is 5.21. The highest BCUT2D eigenvalue weighted by Crippen LogP contribution is 2.13. The second-order valence-electron chi connectivity index (χ2n) is 2.22. The van der Waals surface area contributed by atoms with Crippen LogP contribution in [0.2, 0.25) is 0 Å². The lowest BCUT2D eigenvalue weighted by molar-refractivity contribution is 0.955. The Labute approximate surface area is 63.9 Å². The van der Waals surface area contributed by atoms with Crippen LogP contribution in [0.3, 0.4) is 0 Å².